The monoisotopic (exact) mass is 242 g/mol. The maximum Gasteiger partial charge on any atom is 0.171 e. The molecule has 0 aliphatic heterocycles. The summed E-state index contributed by atoms with van der Waals surface area (Å²) in [5.74, 6) is 0. The number of halogens is 3. The molecule has 1 aliphatic rings. The van der Waals surface area contributed by atoms with Gasteiger partial charge in [0.15, 0.2) is 10.5 Å². The minimum Gasteiger partial charge on any atom is -0.239 e. The fourth-order valence-corrected chi connectivity index (χ4v) is 1.69. The van der Waals surface area contributed by atoms with Crippen LogP contribution < -0.4 is 0 Å². The molecule has 1 aromatic carbocycles. The molecule has 0 bridgehead atoms. The Labute approximate surface area is 98.0 Å². The van der Waals surface area contributed by atoms with Gasteiger partial charge in [0.05, 0.1) is 0 Å². The van der Waals surface area contributed by atoms with Gasteiger partial charge >= 0.3 is 0 Å². The molecule has 0 radical (unpaired) electrons. The molecule has 0 N–H and O–H groups in total. The summed E-state index contributed by atoms with van der Waals surface area (Å²) in [5.41, 5.74) is 1.76. The first-order valence-corrected chi connectivity index (χ1v) is 5.33. The van der Waals surface area contributed by atoms with Crippen molar-refractivity contribution < 1.29 is 4.39 Å². The van der Waals surface area contributed by atoms with Gasteiger partial charge in [-0.1, -0.05) is 59.6 Å². The van der Waals surface area contributed by atoms with E-state index in [-0.39, 0.29) is 0 Å². The third kappa shape index (κ3) is 2.24. The highest BCUT2D eigenvalue weighted by Gasteiger charge is 2.33. The van der Waals surface area contributed by atoms with E-state index in [0.717, 1.165) is 11.1 Å². The van der Waals surface area contributed by atoms with Gasteiger partial charge in [0, 0.05) is 0 Å². The van der Waals surface area contributed by atoms with Crippen LogP contribution in [0, 0.1) is 0 Å². The Hall–Kier alpha value is -0.790. The lowest BCUT2D eigenvalue weighted by atomic mass is 9.98. The molecule has 0 saturated carbocycles. The molecule has 0 aromatic heterocycles. The van der Waals surface area contributed by atoms with Crippen molar-refractivity contribution in [3.63, 3.8) is 0 Å². The van der Waals surface area contributed by atoms with Gasteiger partial charge in [0.1, 0.15) is 0 Å². The summed E-state index contributed by atoms with van der Waals surface area (Å²) in [6.07, 6.45) is 3.28. The molecule has 0 fully saturated rings. The van der Waals surface area contributed by atoms with Gasteiger partial charge in [-0.2, -0.15) is 0 Å². The highest BCUT2D eigenvalue weighted by Crippen LogP contribution is 2.36. The van der Waals surface area contributed by atoms with Crippen LogP contribution in [-0.4, -0.2) is 10.5 Å². The lowest BCUT2D eigenvalue weighted by Gasteiger charge is -2.22. The highest BCUT2D eigenvalue weighted by atomic mass is 35.5. The molecular formula is C12H9Cl2F. The Morgan fingerprint density at radius 1 is 1.13 bits per heavy atom. The summed E-state index contributed by atoms with van der Waals surface area (Å²) in [7, 11) is 0. The average Bonchev–Trinajstić information content (AvgIpc) is 2.23. The standard InChI is InChI=1S/C12H9Cl2F/c13-12(14)7-6-10(8-11(12)15)9-4-2-1-3-5-9/h1-8,11H. The molecule has 1 unspecified atom stereocenters. The van der Waals surface area contributed by atoms with E-state index in [1.54, 1.807) is 6.08 Å². The third-order valence-electron chi connectivity index (χ3n) is 2.29. The van der Waals surface area contributed by atoms with E-state index in [0.29, 0.717) is 0 Å². The van der Waals surface area contributed by atoms with Gasteiger partial charge < -0.3 is 0 Å². The van der Waals surface area contributed by atoms with E-state index < -0.39 is 10.5 Å². The Bertz CT molecular complexity index is 407. The van der Waals surface area contributed by atoms with Gasteiger partial charge in [-0.15, -0.1) is 0 Å². The molecule has 0 saturated heterocycles. The van der Waals surface area contributed by atoms with Crippen LogP contribution in [0.5, 0.6) is 0 Å². The largest absolute Gasteiger partial charge is 0.239 e. The van der Waals surface area contributed by atoms with Crippen molar-refractivity contribution >= 4 is 28.8 Å². The smallest absolute Gasteiger partial charge is 0.171 e. The third-order valence-corrected chi connectivity index (χ3v) is 2.95. The quantitative estimate of drug-likeness (QED) is 0.650. The molecule has 0 heterocycles. The summed E-state index contributed by atoms with van der Waals surface area (Å²) in [6.45, 7) is 0. The zero-order chi connectivity index (χ0) is 10.9. The van der Waals surface area contributed by atoms with Crippen molar-refractivity contribution in [3.05, 3.63) is 54.1 Å². The molecule has 15 heavy (non-hydrogen) atoms. The van der Waals surface area contributed by atoms with E-state index in [9.17, 15) is 4.39 Å². The lowest BCUT2D eigenvalue weighted by molar-refractivity contribution is 0.389. The van der Waals surface area contributed by atoms with Crippen LogP contribution in [-0.2, 0) is 0 Å². The zero-order valence-corrected chi connectivity index (χ0v) is 9.34. The number of hydrogen-bond acceptors (Lipinski definition) is 0. The number of allylic oxidation sites excluding steroid dienone is 4. The fraction of sp³-hybridized carbons (Fsp3) is 0.167. The van der Waals surface area contributed by atoms with Gasteiger partial charge in [0.25, 0.3) is 0 Å². The Kier molecular flexibility index (Phi) is 2.85. The van der Waals surface area contributed by atoms with Crippen LogP contribution >= 0.6 is 23.2 Å². The first kappa shape index (κ1) is 10.7. The number of rotatable bonds is 1. The molecule has 0 nitrogen and oxygen atoms in total. The molecule has 78 valence electrons. The predicted octanol–water partition coefficient (Wildman–Crippen LogP) is 4.15. The van der Waals surface area contributed by atoms with Gasteiger partial charge in [0.2, 0.25) is 0 Å². The van der Waals surface area contributed by atoms with Crippen molar-refractivity contribution in [2.45, 2.75) is 10.5 Å². The van der Waals surface area contributed by atoms with E-state index in [2.05, 4.69) is 0 Å². The van der Waals surface area contributed by atoms with E-state index in [4.69, 9.17) is 23.2 Å². The Morgan fingerprint density at radius 3 is 2.40 bits per heavy atom. The Morgan fingerprint density at radius 2 is 1.80 bits per heavy atom. The maximum absolute atomic E-state index is 13.5. The minimum atomic E-state index is -1.43. The van der Waals surface area contributed by atoms with Crippen LogP contribution in [0.2, 0.25) is 0 Å². The van der Waals surface area contributed by atoms with E-state index in [1.807, 2.05) is 30.3 Å². The summed E-state index contributed by atoms with van der Waals surface area (Å²) in [5, 5.41) is 0. The molecule has 1 atom stereocenters. The molecule has 1 aliphatic carbocycles. The van der Waals surface area contributed by atoms with E-state index in [1.165, 1.54) is 12.2 Å². The first-order chi connectivity index (χ1) is 7.09. The van der Waals surface area contributed by atoms with Crippen molar-refractivity contribution in [1.29, 1.82) is 0 Å². The number of alkyl halides is 3. The van der Waals surface area contributed by atoms with E-state index >= 15 is 0 Å². The van der Waals surface area contributed by atoms with Crippen LogP contribution in [0.4, 0.5) is 4.39 Å². The number of hydrogen-bond donors (Lipinski definition) is 0. The zero-order valence-electron chi connectivity index (χ0n) is 7.83. The topological polar surface area (TPSA) is 0 Å². The van der Waals surface area contributed by atoms with Crippen molar-refractivity contribution in [2.24, 2.45) is 0 Å². The summed E-state index contributed by atoms with van der Waals surface area (Å²) >= 11 is 11.5. The lowest BCUT2D eigenvalue weighted by Crippen LogP contribution is -2.25. The number of benzene rings is 1. The molecule has 1 aromatic rings. The van der Waals surface area contributed by atoms with Crippen LogP contribution in [0.15, 0.2) is 48.6 Å². The summed E-state index contributed by atoms with van der Waals surface area (Å²) in [6, 6.07) is 9.55. The van der Waals surface area contributed by atoms with Crippen LogP contribution in [0.3, 0.4) is 0 Å². The fourth-order valence-electron chi connectivity index (χ4n) is 1.44. The second-order valence-corrected chi connectivity index (χ2v) is 4.84. The van der Waals surface area contributed by atoms with Gasteiger partial charge in [-0.3, -0.25) is 0 Å². The molecule has 3 heteroatoms. The van der Waals surface area contributed by atoms with Crippen molar-refractivity contribution in [1.82, 2.24) is 0 Å². The highest BCUT2D eigenvalue weighted by molar-refractivity contribution is 6.50. The predicted molar refractivity (Wildman–Crippen MR) is 62.9 cm³/mol. The molecular weight excluding hydrogens is 234 g/mol. The second-order valence-electron chi connectivity index (χ2n) is 3.40. The first-order valence-electron chi connectivity index (χ1n) is 4.58. The van der Waals surface area contributed by atoms with Crippen LogP contribution in [0.1, 0.15) is 5.56 Å². The molecule has 0 spiro atoms. The molecule has 2 rings (SSSR count). The van der Waals surface area contributed by atoms with Crippen molar-refractivity contribution in [3.8, 4) is 0 Å². The second kappa shape index (κ2) is 3.99. The maximum atomic E-state index is 13.5. The normalized spacial score (nSPS) is 23.7. The minimum absolute atomic E-state index is 0.806. The SMILES string of the molecule is FC1C=C(c2ccccc2)C=CC1(Cl)Cl. The van der Waals surface area contributed by atoms with Gasteiger partial charge in [-0.05, 0) is 23.3 Å². The average molecular weight is 243 g/mol. The molecule has 0 amide bonds. The van der Waals surface area contributed by atoms with Crippen LogP contribution in [0.25, 0.3) is 5.57 Å². The van der Waals surface area contributed by atoms with Crippen molar-refractivity contribution in [2.75, 3.05) is 0 Å². The summed E-state index contributed by atoms with van der Waals surface area (Å²) in [4.78, 5) is 0. The summed E-state index contributed by atoms with van der Waals surface area (Å²) < 4.78 is 12.1. The Balaban J connectivity index is 2.32. The van der Waals surface area contributed by atoms with Gasteiger partial charge in [-0.25, -0.2) is 4.39 Å².